The lowest BCUT2D eigenvalue weighted by molar-refractivity contribution is 0.00487. The molecule has 20 heavy (non-hydrogen) atoms. The monoisotopic (exact) mass is 275 g/mol. The predicted molar refractivity (Wildman–Crippen MR) is 75.9 cm³/mol. The first kappa shape index (κ1) is 14.5. The zero-order valence-electron chi connectivity index (χ0n) is 11.2. The number of hydrogen-bond acceptors (Lipinski definition) is 3. The molecule has 0 aromatic heterocycles. The third kappa shape index (κ3) is 4.64. The molecule has 2 aromatic rings. The molecule has 0 fully saturated rings. The van der Waals surface area contributed by atoms with Gasteiger partial charge in [-0.1, -0.05) is 30.3 Å². The molecule has 0 radical (unpaired) electrons. The van der Waals surface area contributed by atoms with E-state index in [2.05, 4.69) is 0 Å². The van der Waals surface area contributed by atoms with Gasteiger partial charge in [-0.2, -0.15) is 0 Å². The number of hydrogen-bond donors (Lipinski definition) is 1. The van der Waals surface area contributed by atoms with Gasteiger partial charge in [0.05, 0.1) is 6.61 Å². The van der Waals surface area contributed by atoms with Crippen molar-refractivity contribution < 1.29 is 13.9 Å². The molecule has 0 saturated heterocycles. The van der Waals surface area contributed by atoms with Crippen molar-refractivity contribution in [1.82, 2.24) is 0 Å². The summed E-state index contributed by atoms with van der Waals surface area (Å²) in [4.78, 5) is 0. The molecule has 106 valence electrons. The number of halogens is 1. The van der Waals surface area contributed by atoms with E-state index in [-0.39, 0.29) is 12.6 Å². The van der Waals surface area contributed by atoms with Crippen LogP contribution in [0.2, 0.25) is 0 Å². The van der Waals surface area contributed by atoms with Crippen LogP contribution >= 0.6 is 0 Å². The van der Waals surface area contributed by atoms with Crippen LogP contribution in [0.1, 0.15) is 11.1 Å². The van der Waals surface area contributed by atoms with Crippen molar-refractivity contribution in [3.8, 4) is 5.75 Å². The summed E-state index contributed by atoms with van der Waals surface area (Å²) >= 11 is 0. The Morgan fingerprint density at radius 2 is 1.80 bits per heavy atom. The Morgan fingerprint density at radius 3 is 2.55 bits per heavy atom. The highest BCUT2D eigenvalue weighted by atomic mass is 19.1. The molecule has 2 aromatic carbocycles. The minimum atomic E-state index is -0.325. The van der Waals surface area contributed by atoms with Gasteiger partial charge in [0.25, 0.3) is 0 Å². The van der Waals surface area contributed by atoms with Gasteiger partial charge in [0.2, 0.25) is 0 Å². The fourth-order valence-electron chi connectivity index (χ4n) is 1.86. The van der Waals surface area contributed by atoms with Crippen LogP contribution in [0.25, 0.3) is 0 Å². The fraction of sp³-hybridized carbons (Fsp3) is 0.250. The van der Waals surface area contributed by atoms with Gasteiger partial charge in [0.1, 0.15) is 11.6 Å². The van der Waals surface area contributed by atoms with Gasteiger partial charge in [-0.3, -0.25) is 0 Å². The van der Waals surface area contributed by atoms with E-state index < -0.39 is 0 Å². The Kier molecular flexibility index (Phi) is 5.53. The number of rotatable bonds is 7. The van der Waals surface area contributed by atoms with Gasteiger partial charge in [0, 0.05) is 6.07 Å². The second-order valence-corrected chi connectivity index (χ2v) is 4.43. The maximum Gasteiger partial charge on any atom is 0.189 e. The van der Waals surface area contributed by atoms with Crippen molar-refractivity contribution >= 4 is 0 Å². The maximum absolute atomic E-state index is 13.4. The molecule has 4 heteroatoms. The summed E-state index contributed by atoms with van der Waals surface area (Å²) in [5.41, 5.74) is 7.35. The number of ether oxygens (including phenoxy) is 2. The van der Waals surface area contributed by atoms with Crippen molar-refractivity contribution in [2.45, 2.75) is 13.0 Å². The lowest BCUT2D eigenvalue weighted by Crippen LogP contribution is -2.05. The van der Waals surface area contributed by atoms with E-state index in [0.29, 0.717) is 25.3 Å². The third-order valence-electron chi connectivity index (χ3n) is 2.78. The zero-order chi connectivity index (χ0) is 14.2. The van der Waals surface area contributed by atoms with E-state index in [1.807, 2.05) is 30.3 Å². The molecule has 0 heterocycles. The molecule has 0 saturated carbocycles. The summed E-state index contributed by atoms with van der Waals surface area (Å²) in [5, 5.41) is 0. The van der Waals surface area contributed by atoms with Crippen LogP contribution < -0.4 is 10.5 Å². The molecular formula is C16H18FNO2. The molecule has 0 unspecified atom stereocenters. The molecule has 0 spiro atoms. The molecule has 0 aliphatic carbocycles. The molecule has 2 rings (SSSR count). The molecule has 3 nitrogen and oxygen atoms in total. The van der Waals surface area contributed by atoms with Gasteiger partial charge in [-0.25, -0.2) is 4.39 Å². The van der Waals surface area contributed by atoms with E-state index in [1.54, 1.807) is 6.07 Å². The smallest absolute Gasteiger partial charge is 0.189 e. The van der Waals surface area contributed by atoms with Crippen LogP contribution in [0, 0.1) is 5.82 Å². The van der Waals surface area contributed by atoms with E-state index in [4.69, 9.17) is 15.2 Å². The highest BCUT2D eigenvalue weighted by molar-refractivity contribution is 5.29. The average Bonchev–Trinajstić information content (AvgIpc) is 2.45. The molecule has 0 bridgehead atoms. The number of benzene rings is 2. The Morgan fingerprint density at radius 1 is 1.00 bits per heavy atom. The van der Waals surface area contributed by atoms with Crippen LogP contribution in [0.4, 0.5) is 4.39 Å². The lowest BCUT2D eigenvalue weighted by atomic mass is 10.1. The van der Waals surface area contributed by atoms with Gasteiger partial charge < -0.3 is 15.2 Å². The summed E-state index contributed by atoms with van der Waals surface area (Å²) in [6.45, 7) is 1.03. The summed E-state index contributed by atoms with van der Waals surface area (Å²) < 4.78 is 24.1. The third-order valence-corrected chi connectivity index (χ3v) is 2.78. The normalized spacial score (nSPS) is 10.5. The van der Waals surface area contributed by atoms with Crippen molar-refractivity contribution in [2.24, 2.45) is 5.73 Å². The molecule has 0 aliphatic rings. The van der Waals surface area contributed by atoms with Gasteiger partial charge in [-0.05, 0) is 36.2 Å². The minimum absolute atomic E-state index is 0.0837. The van der Waals surface area contributed by atoms with Crippen LogP contribution in [0.3, 0.4) is 0 Å². The SMILES string of the molecule is NCCc1cc(F)cc(OCOCc2ccccc2)c1. The summed E-state index contributed by atoms with van der Waals surface area (Å²) in [7, 11) is 0. The first-order valence-electron chi connectivity index (χ1n) is 6.52. The highest BCUT2D eigenvalue weighted by Gasteiger charge is 2.02. The van der Waals surface area contributed by atoms with Crippen molar-refractivity contribution in [1.29, 1.82) is 0 Å². The van der Waals surface area contributed by atoms with Gasteiger partial charge in [0.15, 0.2) is 6.79 Å². The Hall–Kier alpha value is -1.91. The fourth-order valence-corrected chi connectivity index (χ4v) is 1.86. The average molecular weight is 275 g/mol. The van der Waals surface area contributed by atoms with Crippen LogP contribution in [0.15, 0.2) is 48.5 Å². The number of nitrogens with two attached hydrogens (primary N) is 1. The van der Waals surface area contributed by atoms with Crippen LogP contribution in [-0.2, 0) is 17.8 Å². The lowest BCUT2D eigenvalue weighted by Gasteiger charge is -2.09. The van der Waals surface area contributed by atoms with E-state index in [0.717, 1.165) is 11.1 Å². The Bertz CT molecular complexity index is 531. The van der Waals surface area contributed by atoms with E-state index in [9.17, 15) is 4.39 Å². The zero-order valence-corrected chi connectivity index (χ0v) is 11.2. The molecule has 0 amide bonds. The largest absolute Gasteiger partial charge is 0.467 e. The summed E-state index contributed by atoms with van der Waals surface area (Å²) in [6, 6.07) is 14.4. The highest BCUT2D eigenvalue weighted by Crippen LogP contribution is 2.17. The first-order chi connectivity index (χ1) is 9.78. The summed E-state index contributed by atoms with van der Waals surface area (Å²) in [6.07, 6.45) is 0.624. The quantitative estimate of drug-likeness (QED) is 0.624. The van der Waals surface area contributed by atoms with Gasteiger partial charge >= 0.3 is 0 Å². The van der Waals surface area contributed by atoms with Crippen LogP contribution in [-0.4, -0.2) is 13.3 Å². The van der Waals surface area contributed by atoms with Crippen molar-refractivity contribution in [2.75, 3.05) is 13.3 Å². The standard InChI is InChI=1S/C16H18FNO2/c17-15-8-14(6-7-18)9-16(10-15)20-12-19-11-13-4-2-1-3-5-13/h1-5,8-10H,6-7,11-12,18H2. The maximum atomic E-state index is 13.4. The van der Waals surface area contributed by atoms with Crippen molar-refractivity contribution in [3.05, 3.63) is 65.5 Å². The molecule has 2 N–H and O–H groups in total. The van der Waals surface area contributed by atoms with E-state index in [1.165, 1.54) is 12.1 Å². The van der Waals surface area contributed by atoms with Gasteiger partial charge in [-0.15, -0.1) is 0 Å². The molecule has 0 aliphatic heterocycles. The Balaban J connectivity index is 1.81. The summed E-state index contributed by atoms with van der Waals surface area (Å²) in [5.74, 6) is 0.135. The van der Waals surface area contributed by atoms with Crippen LogP contribution in [0.5, 0.6) is 5.75 Å². The van der Waals surface area contributed by atoms with Crippen molar-refractivity contribution in [3.63, 3.8) is 0 Å². The topological polar surface area (TPSA) is 44.5 Å². The first-order valence-corrected chi connectivity index (χ1v) is 6.52. The molecule has 0 atom stereocenters. The molecular weight excluding hydrogens is 257 g/mol. The Labute approximate surface area is 118 Å². The second-order valence-electron chi connectivity index (χ2n) is 4.43. The van der Waals surface area contributed by atoms with E-state index >= 15 is 0 Å². The second kappa shape index (κ2) is 7.62. The predicted octanol–water partition coefficient (Wildman–Crippen LogP) is 2.88. The minimum Gasteiger partial charge on any atom is -0.467 e.